The number of thiophene rings is 1. The number of benzene rings is 1. The average molecular weight is 362 g/mol. The first-order valence-electron chi connectivity index (χ1n) is 7.65. The Morgan fingerprint density at radius 1 is 1.21 bits per heavy atom. The van der Waals surface area contributed by atoms with Gasteiger partial charge in [-0.25, -0.2) is 4.79 Å². The molecule has 2 heterocycles. The number of fused-ring (bicyclic) bond motifs is 1. The molecule has 0 fully saturated rings. The van der Waals surface area contributed by atoms with Gasteiger partial charge in [0.25, 0.3) is 0 Å². The smallest absolute Gasteiger partial charge is 0.347 e. The van der Waals surface area contributed by atoms with Gasteiger partial charge in [-0.05, 0) is 38.1 Å². The van der Waals surface area contributed by atoms with Crippen molar-refractivity contribution in [3.8, 4) is 10.4 Å². The van der Waals surface area contributed by atoms with E-state index >= 15 is 0 Å². The van der Waals surface area contributed by atoms with Crippen LogP contribution in [0.3, 0.4) is 0 Å². The van der Waals surface area contributed by atoms with E-state index in [1.165, 1.54) is 11.3 Å². The zero-order valence-corrected chi connectivity index (χ0v) is 14.9. The van der Waals surface area contributed by atoms with Gasteiger partial charge in [-0.3, -0.25) is 4.79 Å². The first kappa shape index (κ1) is 16.7. The van der Waals surface area contributed by atoms with Gasteiger partial charge in [0, 0.05) is 40.7 Å². The molecule has 0 unspecified atom stereocenters. The van der Waals surface area contributed by atoms with E-state index in [0.29, 0.717) is 21.8 Å². The van der Waals surface area contributed by atoms with Crippen molar-refractivity contribution < 1.29 is 9.21 Å². The van der Waals surface area contributed by atoms with Gasteiger partial charge in [0.05, 0.1) is 4.34 Å². The summed E-state index contributed by atoms with van der Waals surface area (Å²) in [6.07, 6.45) is 0.548. The minimum atomic E-state index is -0.631. The number of rotatable bonds is 5. The molecule has 0 N–H and O–H groups in total. The van der Waals surface area contributed by atoms with Crippen LogP contribution in [0.4, 0.5) is 5.69 Å². The highest BCUT2D eigenvalue weighted by Crippen LogP contribution is 2.37. The number of anilines is 1. The van der Waals surface area contributed by atoms with Crippen molar-refractivity contribution in [1.82, 2.24) is 0 Å². The van der Waals surface area contributed by atoms with E-state index in [2.05, 4.69) is 18.7 Å². The average Bonchev–Trinajstić information content (AvgIpc) is 3.00. The number of aldehydes is 1. The molecule has 0 radical (unpaired) electrons. The summed E-state index contributed by atoms with van der Waals surface area (Å²) in [4.78, 5) is 26.6. The first-order chi connectivity index (χ1) is 11.6. The maximum absolute atomic E-state index is 12.2. The lowest BCUT2D eigenvalue weighted by molar-refractivity contribution is 0.112. The molecular formula is C18H16ClNO3S. The molecule has 0 saturated carbocycles. The van der Waals surface area contributed by atoms with Crippen LogP contribution in [0.15, 0.2) is 39.5 Å². The van der Waals surface area contributed by atoms with Crippen molar-refractivity contribution in [3.63, 3.8) is 0 Å². The van der Waals surface area contributed by atoms with E-state index < -0.39 is 5.63 Å². The Balaban J connectivity index is 2.32. The maximum Gasteiger partial charge on any atom is 0.347 e. The van der Waals surface area contributed by atoms with Gasteiger partial charge in [-0.2, -0.15) is 0 Å². The molecule has 1 aromatic carbocycles. The Kier molecular flexibility index (Phi) is 4.73. The second-order valence-electron chi connectivity index (χ2n) is 5.25. The lowest BCUT2D eigenvalue weighted by Gasteiger charge is -2.21. The van der Waals surface area contributed by atoms with Crippen LogP contribution < -0.4 is 10.5 Å². The molecule has 4 nitrogen and oxygen atoms in total. The number of carbonyl (C=O) groups is 1. The van der Waals surface area contributed by atoms with Crippen LogP contribution in [0.2, 0.25) is 4.34 Å². The van der Waals surface area contributed by atoms with Gasteiger partial charge in [0.1, 0.15) is 11.1 Å². The first-order valence-corrected chi connectivity index (χ1v) is 8.85. The highest BCUT2D eigenvalue weighted by molar-refractivity contribution is 7.19. The predicted molar refractivity (Wildman–Crippen MR) is 99.8 cm³/mol. The van der Waals surface area contributed by atoms with Crippen LogP contribution in [0, 0.1) is 0 Å². The Bertz CT molecular complexity index is 957. The fourth-order valence-electron chi connectivity index (χ4n) is 2.81. The Morgan fingerprint density at radius 2 is 1.96 bits per heavy atom. The summed E-state index contributed by atoms with van der Waals surface area (Å²) in [5, 5.41) is 0.728. The molecule has 0 aliphatic rings. The number of halogens is 1. The van der Waals surface area contributed by atoms with Crippen molar-refractivity contribution in [1.29, 1.82) is 0 Å². The molecule has 0 aliphatic heterocycles. The standard InChI is InChI=1S/C18H16ClNO3S/c1-3-20(4-2)11-5-6-12-14(9-11)23-18(22)13(10-21)17(12)15-7-8-16(19)24-15/h5-10H,3-4H2,1-2H3. The third kappa shape index (κ3) is 2.85. The number of hydrogen-bond donors (Lipinski definition) is 0. The summed E-state index contributed by atoms with van der Waals surface area (Å²) in [5.41, 5.74) is 1.42. The summed E-state index contributed by atoms with van der Waals surface area (Å²) >= 11 is 7.35. The highest BCUT2D eigenvalue weighted by Gasteiger charge is 2.18. The fourth-order valence-corrected chi connectivity index (χ4v) is 3.93. The van der Waals surface area contributed by atoms with Crippen LogP contribution in [0.5, 0.6) is 0 Å². The molecule has 0 atom stereocenters. The SMILES string of the molecule is CCN(CC)c1ccc2c(-c3ccc(Cl)s3)c(C=O)c(=O)oc2c1. The lowest BCUT2D eigenvalue weighted by Crippen LogP contribution is -2.21. The molecule has 124 valence electrons. The van der Waals surface area contributed by atoms with Gasteiger partial charge in [0.15, 0.2) is 6.29 Å². The van der Waals surface area contributed by atoms with Gasteiger partial charge < -0.3 is 9.32 Å². The van der Waals surface area contributed by atoms with E-state index in [-0.39, 0.29) is 5.56 Å². The Morgan fingerprint density at radius 3 is 2.54 bits per heavy atom. The second kappa shape index (κ2) is 6.79. The number of hydrogen-bond acceptors (Lipinski definition) is 5. The van der Waals surface area contributed by atoms with Crippen LogP contribution in [0.1, 0.15) is 24.2 Å². The van der Waals surface area contributed by atoms with E-state index in [1.807, 2.05) is 24.3 Å². The normalized spacial score (nSPS) is 11.0. The topological polar surface area (TPSA) is 50.5 Å². The molecule has 0 amide bonds. The van der Waals surface area contributed by atoms with Gasteiger partial charge in [-0.1, -0.05) is 11.6 Å². The van der Waals surface area contributed by atoms with Crippen molar-refractivity contribution in [2.45, 2.75) is 13.8 Å². The number of carbonyl (C=O) groups excluding carboxylic acids is 1. The van der Waals surface area contributed by atoms with Crippen molar-refractivity contribution >= 4 is 45.9 Å². The molecule has 0 aliphatic carbocycles. The quantitative estimate of drug-likeness (QED) is 0.482. The summed E-state index contributed by atoms with van der Waals surface area (Å²) in [5.74, 6) is 0. The molecule has 0 spiro atoms. The zero-order chi connectivity index (χ0) is 17.3. The van der Waals surface area contributed by atoms with Crippen LogP contribution in [0.25, 0.3) is 21.4 Å². The van der Waals surface area contributed by atoms with Gasteiger partial charge in [0.2, 0.25) is 0 Å². The monoisotopic (exact) mass is 361 g/mol. The maximum atomic E-state index is 12.2. The van der Waals surface area contributed by atoms with Crippen molar-refractivity contribution in [2.24, 2.45) is 0 Å². The van der Waals surface area contributed by atoms with Crippen molar-refractivity contribution in [2.75, 3.05) is 18.0 Å². The predicted octanol–water partition coefficient (Wildman–Crippen LogP) is 4.83. The van der Waals surface area contributed by atoms with Crippen LogP contribution in [-0.2, 0) is 0 Å². The molecule has 3 aromatic rings. The van der Waals surface area contributed by atoms with Crippen LogP contribution in [-0.4, -0.2) is 19.4 Å². The molecular weight excluding hydrogens is 346 g/mol. The third-order valence-electron chi connectivity index (χ3n) is 3.99. The van der Waals surface area contributed by atoms with E-state index in [4.69, 9.17) is 16.0 Å². The zero-order valence-electron chi connectivity index (χ0n) is 13.3. The molecule has 0 saturated heterocycles. The summed E-state index contributed by atoms with van der Waals surface area (Å²) in [6.45, 7) is 5.84. The summed E-state index contributed by atoms with van der Waals surface area (Å²) in [7, 11) is 0. The van der Waals surface area contributed by atoms with E-state index in [0.717, 1.165) is 29.0 Å². The molecule has 3 rings (SSSR count). The molecule has 6 heteroatoms. The van der Waals surface area contributed by atoms with Crippen LogP contribution >= 0.6 is 22.9 Å². The Hall–Kier alpha value is -2.11. The lowest BCUT2D eigenvalue weighted by atomic mass is 10.0. The number of nitrogens with zero attached hydrogens (tertiary/aromatic N) is 1. The minimum Gasteiger partial charge on any atom is -0.422 e. The summed E-state index contributed by atoms with van der Waals surface area (Å²) in [6, 6.07) is 9.27. The van der Waals surface area contributed by atoms with Gasteiger partial charge in [-0.15, -0.1) is 11.3 Å². The fraction of sp³-hybridized carbons (Fsp3) is 0.222. The van der Waals surface area contributed by atoms with E-state index in [1.54, 1.807) is 6.07 Å². The van der Waals surface area contributed by atoms with Crippen molar-refractivity contribution in [3.05, 3.63) is 50.7 Å². The second-order valence-corrected chi connectivity index (χ2v) is 6.97. The summed E-state index contributed by atoms with van der Waals surface area (Å²) < 4.78 is 5.99. The molecule has 24 heavy (non-hydrogen) atoms. The van der Waals surface area contributed by atoms with Gasteiger partial charge >= 0.3 is 5.63 Å². The molecule has 2 aromatic heterocycles. The minimum absolute atomic E-state index is 0.0246. The molecule has 0 bridgehead atoms. The third-order valence-corrected chi connectivity index (χ3v) is 5.24. The largest absolute Gasteiger partial charge is 0.422 e. The van der Waals surface area contributed by atoms with E-state index in [9.17, 15) is 9.59 Å². The highest BCUT2D eigenvalue weighted by atomic mass is 35.5. The Labute approximate surface area is 148 Å².